The summed E-state index contributed by atoms with van der Waals surface area (Å²) in [5.41, 5.74) is 1.29. The highest BCUT2D eigenvalue weighted by atomic mass is 16.6. The topological polar surface area (TPSA) is 38.8 Å². The molecule has 5 heteroatoms. The van der Waals surface area contributed by atoms with Crippen molar-refractivity contribution in [1.29, 1.82) is 0 Å². The number of carbonyl (C=O) groups is 1. The van der Waals surface area contributed by atoms with E-state index in [0.717, 1.165) is 5.69 Å². The molecule has 1 aromatic rings. The minimum Gasteiger partial charge on any atom is -0.497 e. The molecule has 0 saturated carbocycles. The van der Waals surface area contributed by atoms with Gasteiger partial charge in [-0.3, -0.25) is 4.90 Å². The Morgan fingerprint density at radius 2 is 2.33 bits per heavy atom. The Morgan fingerprint density at radius 1 is 1.53 bits per heavy atom. The van der Waals surface area contributed by atoms with Crippen LogP contribution >= 0.6 is 0 Å². The summed E-state index contributed by atoms with van der Waals surface area (Å²) in [6, 6.07) is 5.20. The molecule has 0 aliphatic carbocycles. The zero-order chi connectivity index (χ0) is 10.8. The van der Waals surface area contributed by atoms with Crippen LogP contribution in [-0.4, -0.2) is 34.2 Å². The average Bonchev–Trinajstić information content (AvgIpc) is 2.65. The van der Waals surface area contributed by atoms with E-state index in [1.54, 1.807) is 23.1 Å². The normalized spacial score (nSPS) is 15.3. The Morgan fingerprint density at radius 3 is 2.93 bits per heavy atom. The Kier molecular flexibility index (Phi) is 2.54. The van der Waals surface area contributed by atoms with Crippen LogP contribution in [0.3, 0.4) is 0 Å². The first-order chi connectivity index (χ1) is 7.22. The van der Waals surface area contributed by atoms with Gasteiger partial charge in [0.15, 0.2) is 0 Å². The number of hydrogen-bond acceptors (Lipinski definition) is 3. The van der Waals surface area contributed by atoms with Gasteiger partial charge in [-0.1, -0.05) is 11.5 Å². The third-order valence-corrected chi connectivity index (χ3v) is 2.29. The predicted molar refractivity (Wildman–Crippen MR) is 57.1 cm³/mol. The fourth-order valence-electron chi connectivity index (χ4n) is 1.50. The highest BCUT2D eigenvalue weighted by molar-refractivity contribution is 6.34. The summed E-state index contributed by atoms with van der Waals surface area (Å²) in [5.74, 6) is 0.562. The van der Waals surface area contributed by atoms with Gasteiger partial charge in [-0.05, 0) is 6.07 Å². The Bertz CT molecular complexity index is 394. The number of rotatable bonds is 2. The summed E-state index contributed by atoms with van der Waals surface area (Å²) in [6.07, 6.45) is -0.332. The number of ether oxygens (including phenoxy) is 2. The lowest BCUT2D eigenvalue weighted by atomic mass is 9.94. The minimum absolute atomic E-state index is 0.332. The first-order valence-electron chi connectivity index (χ1n) is 4.60. The van der Waals surface area contributed by atoms with Gasteiger partial charge in [-0.2, -0.15) is 0 Å². The van der Waals surface area contributed by atoms with E-state index in [1.165, 1.54) is 7.11 Å². The van der Waals surface area contributed by atoms with Gasteiger partial charge in [0.05, 0.1) is 19.3 Å². The standard InChI is InChI=1S/C10H10BNO3/c1-14-9-6-7(2-3-8(9)11)12-4-5-15-10(12)13/h2-3,6H,4-5H2,1H3. The number of benzene rings is 1. The van der Waals surface area contributed by atoms with E-state index < -0.39 is 0 Å². The number of hydrogen-bond donors (Lipinski definition) is 0. The fraction of sp³-hybridized carbons (Fsp3) is 0.300. The summed E-state index contributed by atoms with van der Waals surface area (Å²) < 4.78 is 9.92. The second kappa shape index (κ2) is 3.84. The Labute approximate surface area is 89.2 Å². The van der Waals surface area contributed by atoms with Gasteiger partial charge in [0, 0.05) is 6.07 Å². The van der Waals surface area contributed by atoms with E-state index in [2.05, 4.69) is 0 Å². The van der Waals surface area contributed by atoms with Crippen LogP contribution in [0.2, 0.25) is 0 Å². The molecule has 0 atom stereocenters. The van der Waals surface area contributed by atoms with E-state index in [1.807, 2.05) is 0 Å². The van der Waals surface area contributed by atoms with Crippen molar-refractivity contribution >= 4 is 25.1 Å². The van der Waals surface area contributed by atoms with Crippen LogP contribution < -0.4 is 15.1 Å². The molecule has 1 aliphatic heterocycles. The van der Waals surface area contributed by atoms with Crippen molar-refractivity contribution in [2.24, 2.45) is 0 Å². The molecule has 1 aromatic carbocycles. The largest absolute Gasteiger partial charge is 0.497 e. The third-order valence-electron chi connectivity index (χ3n) is 2.29. The van der Waals surface area contributed by atoms with Crippen LogP contribution in [0.5, 0.6) is 5.75 Å². The lowest BCUT2D eigenvalue weighted by Crippen LogP contribution is -2.24. The van der Waals surface area contributed by atoms with Crippen LogP contribution in [0.25, 0.3) is 0 Å². The third kappa shape index (κ3) is 1.77. The van der Waals surface area contributed by atoms with Crippen molar-refractivity contribution < 1.29 is 14.3 Å². The molecule has 1 saturated heterocycles. The van der Waals surface area contributed by atoms with Crippen LogP contribution in [-0.2, 0) is 4.74 Å². The zero-order valence-electron chi connectivity index (χ0n) is 8.40. The maximum absolute atomic E-state index is 11.3. The SMILES string of the molecule is [B]c1ccc(N2CCOC2=O)cc1OC. The summed E-state index contributed by atoms with van der Waals surface area (Å²) >= 11 is 0. The lowest BCUT2D eigenvalue weighted by Gasteiger charge is -2.14. The molecule has 15 heavy (non-hydrogen) atoms. The summed E-state index contributed by atoms with van der Waals surface area (Å²) in [5, 5.41) is 0. The van der Waals surface area contributed by atoms with Gasteiger partial charge in [0.1, 0.15) is 20.2 Å². The van der Waals surface area contributed by atoms with Crippen molar-refractivity contribution in [1.82, 2.24) is 0 Å². The molecule has 0 N–H and O–H groups in total. The Balaban J connectivity index is 2.32. The average molecular weight is 203 g/mol. The van der Waals surface area contributed by atoms with Crippen molar-refractivity contribution in [3.63, 3.8) is 0 Å². The number of carbonyl (C=O) groups excluding carboxylic acids is 1. The highest BCUT2D eigenvalue weighted by Gasteiger charge is 2.23. The maximum Gasteiger partial charge on any atom is 0.414 e. The van der Waals surface area contributed by atoms with E-state index in [0.29, 0.717) is 24.4 Å². The number of amides is 1. The predicted octanol–water partition coefficient (Wildman–Crippen LogP) is 0.446. The van der Waals surface area contributed by atoms with Crippen molar-refractivity contribution in [3.05, 3.63) is 18.2 Å². The molecule has 76 valence electrons. The molecular formula is C10H10BNO3. The van der Waals surface area contributed by atoms with Crippen LogP contribution in [0.15, 0.2) is 18.2 Å². The van der Waals surface area contributed by atoms with Gasteiger partial charge < -0.3 is 9.47 Å². The fourth-order valence-corrected chi connectivity index (χ4v) is 1.50. The molecule has 1 fully saturated rings. The van der Waals surface area contributed by atoms with Crippen LogP contribution in [0, 0.1) is 0 Å². The van der Waals surface area contributed by atoms with E-state index in [-0.39, 0.29) is 6.09 Å². The van der Waals surface area contributed by atoms with Gasteiger partial charge in [0.25, 0.3) is 0 Å². The van der Waals surface area contributed by atoms with E-state index in [4.69, 9.17) is 17.3 Å². The summed E-state index contributed by atoms with van der Waals surface area (Å²) in [7, 11) is 7.21. The summed E-state index contributed by atoms with van der Waals surface area (Å²) in [6.45, 7) is 0.984. The molecule has 0 bridgehead atoms. The smallest absolute Gasteiger partial charge is 0.414 e. The molecule has 4 nitrogen and oxygen atoms in total. The Hall–Kier alpha value is -1.65. The molecule has 2 rings (SSSR count). The van der Waals surface area contributed by atoms with Crippen molar-refractivity contribution in [2.45, 2.75) is 0 Å². The number of cyclic esters (lactones) is 1. The quantitative estimate of drug-likeness (QED) is 0.654. The number of methoxy groups -OCH3 is 1. The minimum atomic E-state index is -0.332. The molecule has 1 heterocycles. The first-order valence-corrected chi connectivity index (χ1v) is 4.60. The van der Waals surface area contributed by atoms with Crippen molar-refractivity contribution in [2.75, 3.05) is 25.2 Å². The van der Waals surface area contributed by atoms with Crippen LogP contribution in [0.4, 0.5) is 10.5 Å². The summed E-state index contributed by atoms with van der Waals surface area (Å²) in [4.78, 5) is 12.8. The van der Waals surface area contributed by atoms with Gasteiger partial charge in [-0.25, -0.2) is 4.79 Å². The van der Waals surface area contributed by atoms with E-state index >= 15 is 0 Å². The van der Waals surface area contributed by atoms with Crippen molar-refractivity contribution in [3.8, 4) is 5.75 Å². The second-order valence-corrected chi connectivity index (χ2v) is 3.19. The molecule has 1 amide bonds. The first kappa shape index (κ1) is 9.89. The van der Waals surface area contributed by atoms with Gasteiger partial charge in [0.2, 0.25) is 0 Å². The maximum atomic E-state index is 11.3. The second-order valence-electron chi connectivity index (χ2n) is 3.19. The molecular weight excluding hydrogens is 193 g/mol. The van der Waals surface area contributed by atoms with Gasteiger partial charge in [-0.15, -0.1) is 0 Å². The highest BCUT2D eigenvalue weighted by Crippen LogP contribution is 2.21. The molecule has 0 aromatic heterocycles. The molecule has 0 spiro atoms. The molecule has 1 aliphatic rings. The molecule has 0 unspecified atom stereocenters. The zero-order valence-corrected chi connectivity index (χ0v) is 8.40. The lowest BCUT2D eigenvalue weighted by molar-refractivity contribution is 0.181. The monoisotopic (exact) mass is 203 g/mol. The van der Waals surface area contributed by atoms with Crippen LogP contribution in [0.1, 0.15) is 0 Å². The van der Waals surface area contributed by atoms with Gasteiger partial charge >= 0.3 is 6.09 Å². The van der Waals surface area contributed by atoms with E-state index in [9.17, 15) is 4.79 Å². The number of anilines is 1. The molecule has 2 radical (unpaired) electrons. The number of nitrogens with zero attached hydrogens (tertiary/aromatic N) is 1.